The summed E-state index contributed by atoms with van der Waals surface area (Å²) in [6.07, 6.45) is 0. The highest BCUT2D eigenvalue weighted by molar-refractivity contribution is 7.12. The van der Waals surface area contributed by atoms with Crippen LogP contribution >= 0.6 is 11.3 Å². The van der Waals surface area contributed by atoms with Crippen molar-refractivity contribution in [2.24, 2.45) is 0 Å². The molecule has 19 heavy (non-hydrogen) atoms. The minimum atomic E-state index is -0.0842. The number of thiophene rings is 1. The molecule has 96 valence electrons. The third-order valence-corrected chi connectivity index (χ3v) is 3.27. The highest BCUT2D eigenvalue weighted by Gasteiger charge is 2.03. The molecule has 3 nitrogen and oxygen atoms in total. The van der Waals surface area contributed by atoms with Gasteiger partial charge in [-0.1, -0.05) is 17.9 Å². The van der Waals surface area contributed by atoms with Crippen LogP contribution in [0.1, 0.15) is 15.2 Å². The summed E-state index contributed by atoms with van der Waals surface area (Å²) in [6, 6.07) is 11.1. The Morgan fingerprint density at radius 2 is 2.11 bits per heavy atom. The molecule has 4 heteroatoms. The Bertz CT molecular complexity index is 591. The normalized spacial score (nSPS) is 9.32. The van der Waals surface area contributed by atoms with Gasteiger partial charge in [0.1, 0.15) is 5.75 Å². The number of ether oxygens (including phenoxy) is 1. The average Bonchev–Trinajstić information content (AvgIpc) is 2.98. The van der Waals surface area contributed by atoms with Crippen molar-refractivity contribution in [3.63, 3.8) is 0 Å². The summed E-state index contributed by atoms with van der Waals surface area (Å²) in [4.78, 5) is 12.3. The van der Waals surface area contributed by atoms with E-state index in [1.54, 1.807) is 13.2 Å². The van der Waals surface area contributed by atoms with Crippen LogP contribution in [0.15, 0.2) is 41.8 Å². The fourth-order valence-corrected chi connectivity index (χ4v) is 2.08. The Morgan fingerprint density at radius 3 is 2.74 bits per heavy atom. The highest BCUT2D eigenvalue weighted by atomic mass is 32.1. The minimum absolute atomic E-state index is 0.0842. The van der Waals surface area contributed by atoms with Crippen LogP contribution in [0.2, 0.25) is 0 Å². The number of hydrogen-bond acceptors (Lipinski definition) is 3. The van der Waals surface area contributed by atoms with Gasteiger partial charge in [0.2, 0.25) is 0 Å². The van der Waals surface area contributed by atoms with Gasteiger partial charge in [0.25, 0.3) is 5.91 Å². The van der Waals surface area contributed by atoms with Crippen LogP contribution in [0, 0.1) is 11.8 Å². The fourth-order valence-electron chi connectivity index (χ4n) is 1.44. The van der Waals surface area contributed by atoms with E-state index in [1.807, 2.05) is 35.7 Å². The van der Waals surface area contributed by atoms with Crippen LogP contribution in [-0.4, -0.2) is 19.6 Å². The van der Waals surface area contributed by atoms with Gasteiger partial charge < -0.3 is 10.1 Å². The fraction of sp³-hybridized carbons (Fsp3) is 0.133. The van der Waals surface area contributed by atoms with E-state index in [4.69, 9.17) is 4.74 Å². The monoisotopic (exact) mass is 271 g/mol. The molecule has 1 N–H and O–H groups in total. The molecule has 0 aliphatic carbocycles. The van der Waals surface area contributed by atoms with Gasteiger partial charge in [-0.25, -0.2) is 0 Å². The second-order valence-corrected chi connectivity index (χ2v) is 4.64. The smallest absolute Gasteiger partial charge is 0.262 e. The molecule has 2 aromatic rings. The lowest BCUT2D eigenvalue weighted by atomic mass is 10.2. The van der Waals surface area contributed by atoms with Crippen molar-refractivity contribution < 1.29 is 9.53 Å². The number of amides is 1. The van der Waals surface area contributed by atoms with E-state index in [1.165, 1.54) is 11.3 Å². The summed E-state index contributed by atoms with van der Waals surface area (Å²) in [6.45, 7) is 0.336. The molecule has 0 saturated carbocycles. The number of nitrogens with one attached hydrogen (secondary N) is 1. The van der Waals surface area contributed by atoms with Crippen molar-refractivity contribution in [1.29, 1.82) is 0 Å². The van der Waals surface area contributed by atoms with E-state index in [0.717, 1.165) is 11.3 Å². The molecule has 2 rings (SSSR count). The van der Waals surface area contributed by atoms with E-state index >= 15 is 0 Å². The third kappa shape index (κ3) is 3.87. The van der Waals surface area contributed by atoms with Gasteiger partial charge in [-0.15, -0.1) is 11.3 Å². The predicted octanol–water partition coefficient (Wildman–Crippen LogP) is 2.54. The lowest BCUT2D eigenvalue weighted by Gasteiger charge is -1.98. The maximum absolute atomic E-state index is 11.6. The van der Waals surface area contributed by atoms with Gasteiger partial charge in [-0.2, -0.15) is 0 Å². The molecular weight excluding hydrogens is 258 g/mol. The molecule has 0 fully saturated rings. The van der Waals surface area contributed by atoms with Crippen LogP contribution in [0.25, 0.3) is 0 Å². The predicted molar refractivity (Wildman–Crippen MR) is 76.5 cm³/mol. The average molecular weight is 271 g/mol. The lowest BCUT2D eigenvalue weighted by molar-refractivity contribution is 0.0962. The van der Waals surface area contributed by atoms with Crippen LogP contribution in [-0.2, 0) is 0 Å². The lowest BCUT2D eigenvalue weighted by Crippen LogP contribution is -2.22. The molecule has 1 heterocycles. The van der Waals surface area contributed by atoms with Crippen molar-refractivity contribution in [2.75, 3.05) is 13.7 Å². The molecule has 0 aliphatic rings. The van der Waals surface area contributed by atoms with Crippen molar-refractivity contribution in [3.05, 3.63) is 52.2 Å². The SMILES string of the molecule is COc1ccc(C#CCNC(=O)c2cccs2)cc1. The first-order valence-corrected chi connectivity index (χ1v) is 6.62. The summed E-state index contributed by atoms with van der Waals surface area (Å²) in [5.74, 6) is 6.61. The van der Waals surface area contributed by atoms with E-state index < -0.39 is 0 Å². The minimum Gasteiger partial charge on any atom is -0.497 e. The number of carbonyl (C=O) groups excluding carboxylic acids is 1. The zero-order valence-electron chi connectivity index (χ0n) is 10.5. The molecule has 0 aliphatic heterocycles. The molecule has 0 bridgehead atoms. The van der Waals surface area contributed by atoms with Crippen LogP contribution < -0.4 is 10.1 Å². The number of methoxy groups -OCH3 is 1. The van der Waals surface area contributed by atoms with E-state index in [9.17, 15) is 4.79 Å². The van der Waals surface area contributed by atoms with Crippen LogP contribution in [0.3, 0.4) is 0 Å². The first-order chi connectivity index (χ1) is 9.29. The summed E-state index contributed by atoms with van der Waals surface area (Å²) in [7, 11) is 1.63. The third-order valence-electron chi connectivity index (χ3n) is 2.41. The van der Waals surface area contributed by atoms with Crippen molar-refractivity contribution in [2.45, 2.75) is 0 Å². The standard InChI is InChI=1S/C15H13NO2S/c1-18-13-8-6-12(7-9-13)4-2-10-16-15(17)14-5-3-11-19-14/h3,5-9,11H,10H2,1H3,(H,16,17). The maximum atomic E-state index is 11.6. The van der Waals surface area contributed by atoms with E-state index in [-0.39, 0.29) is 5.91 Å². The summed E-state index contributed by atoms with van der Waals surface area (Å²) >= 11 is 1.42. The van der Waals surface area contributed by atoms with Gasteiger partial charge in [-0.05, 0) is 35.7 Å². The summed E-state index contributed by atoms with van der Waals surface area (Å²) < 4.78 is 5.06. The maximum Gasteiger partial charge on any atom is 0.262 e. The first kappa shape index (κ1) is 13.2. The Hall–Kier alpha value is -2.25. The van der Waals surface area contributed by atoms with Crippen molar-refractivity contribution in [1.82, 2.24) is 5.32 Å². The molecule has 1 aromatic carbocycles. The number of hydrogen-bond donors (Lipinski definition) is 1. The Kier molecular flexibility index (Phi) is 4.60. The Morgan fingerprint density at radius 1 is 1.32 bits per heavy atom. The highest BCUT2D eigenvalue weighted by Crippen LogP contribution is 2.10. The zero-order valence-corrected chi connectivity index (χ0v) is 11.3. The largest absolute Gasteiger partial charge is 0.497 e. The molecule has 0 spiro atoms. The Balaban J connectivity index is 1.85. The number of rotatable bonds is 3. The van der Waals surface area contributed by atoms with Gasteiger partial charge in [0.15, 0.2) is 0 Å². The number of carbonyl (C=O) groups is 1. The Labute approximate surface area is 116 Å². The number of benzene rings is 1. The second-order valence-electron chi connectivity index (χ2n) is 3.69. The second kappa shape index (κ2) is 6.62. The molecule has 0 unspecified atom stereocenters. The van der Waals surface area contributed by atoms with E-state index in [0.29, 0.717) is 11.4 Å². The van der Waals surface area contributed by atoms with Crippen molar-refractivity contribution in [3.8, 4) is 17.6 Å². The van der Waals surface area contributed by atoms with E-state index in [2.05, 4.69) is 17.2 Å². The van der Waals surface area contributed by atoms with Crippen LogP contribution in [0.4, 0.5) is 0 Å². The van der Waals surface area contributed by atoms with Crippen molar-refractivity contribution >= 4 is 17.2 Å². The zero-order chi connectivity index (χ0) is 13.5. The molecule has 1 aromatic heterocycles. The van der Waals surface area contributed by atoms with Gasteiger partial charge >= 0.3 is 0 Å². The topological polar surface area (TPSA) is 38.3 Å². The summed E-state index contributed by atoms with van der Waals surface area (Å²) in [5.41, 5.74) is 0.895. The van der Waals surface area contributed by atoms with Gasteiger partial charge in [-0.3, -0.25) is 4.79 Å². The molecule has 0 atom stereocenters. The molecule has 0 saturated heterocycles. The first-order valence-electron chi connectivity index (χ1n) is 5.74. The quantitative estimate of drug-likeness (QED) is 0.871. The molecular formula is C15H13NO2S. The van der Waals surface area contributed by atoms with Gasteiger partial charge in [0, 0.05) is 5.56 Å². The summed E-state index contributed by atoms with van der Waals surface area (Å²) in [5, 5.41) is 4.62. The van der Waals surface area contributed by atoms with Crippen LogP contribution in [0.5, 0.6) is 5.75 Å². The van der Waals surface area contributed by atoms with Gasteiger partial charge in [0.05, 0.1) is 18.5 Å². The molecule has 0 radical (unpaired) electrons. The molecule has 1 amide bonds.